The van der Waals surface area contributed by atoms with Gasteiger partial charge in [0.05, 0.1) is 38.0 Å². The third-order valence-electron chi connectivity index (χ3n) is 6.54. The minimum atomic E-state index is -2.95. The monoisotopic (exact) mass is 449 g/mol. The molecule has 0 unspecified atom stereocenters. The van der Waals surface area contributed by atoms with Crippen molar-refractivity contribution in [3.05, 3.63) is 30.0 Å². The smallest absolute Gasteiger partial charge is 0.281 e. The van der Waals surface area contributed by atoms with Crippen LogP contribution in [-0.2, 0) is 10.7 Å². The highest BCUT2D eigenvalue weighted by Crippen LogP contribution is 2.48. The zero-order chi connectivity index (χ0) is 21.6. The number of hydrogen-bond acceptors (Lipinski definition) is 8. The highest BCUT2D eigenvalue weighted by molar-refractivity contribution is 7.99. The second kappa shape index (κ2) is 7.75. The average molecular weight is 450 g/mol. The molecule has 31 heavy (non-hydrogen) atoms. The number of piperidine rings is 1. The number of nitrogens with two attached hydrogens (primary N) is 2. The average Bonchev–Trinajstić information content (AvgIpc) is 3.09. The number of anilines is 2. The van der Waals surface area contributed by atoms with E-state index in [9.17, 15) is 8.78 Å². The van der Waals surface area contributed by atoms with Gasteiger partial charge in [-0.3, -0.25) is 0 Å². The Kier molecular flexibility index (Phi) is 5.18. The molecule has 1 atom stereocenters. The Labute approximate surface area is 183 Å². The Hall–Kier alpha value is -2.17. The van der Waals surface area contributed by atoms with Crippen LogP contribution in [-0.4, -0.2) is 48.9 Å². The third-order valence-corrected chi connectivity index (χ3v) is 7.61. The number of alkyl halides is 2. The molecule has 0 radical (unpaired) electrons. The first-order valence-electron chi connectivity index (χ1n) is 10.4. The summed E-state index contributed by atoms with van der Waals surface area (Å²) >= 11 is 1.09. The van der Waals surface area contributed by atoms with Crippen LogP contribution in [0.15, 0.2) is 34.3 Å². The van der Waals surface area contributed by atoms with E-state index in [-0.39, 0.29) is 41.6 Å². The molecule has 7 nitrogen and oxygen atoms in total. The highest BCUT2D eigenvalue weighted by Gasteiger charge is 2.44. The lowest BCUT2D eigenvalue weighted by Crippen LogP contribution is -2.49. The van der Waals surface area contributed by atoms with E-state index < -0.39 is 5.92 Å². The summed E-state index contributed by atoms with van der Waals surface area (Å²) < 4.78 is 40.1. The number of fused-ring (bicyclic) bond motifs is 1. The molecular weight excluding hydrogens is 424 g/mol. The van der Waals surface area contributed by atoms with E-state index in [0.717, 1.165) is 37.7 Å². The van der Waals surface area contributed by atoms with Crippen LogP contribution in [0.25, 0.3) is 0 Å². The number of halogens is 2. The van der Waals surface area contributed by atoms with Gasteiger partial charge in [-0.25, -0.2) is 18.7 Å². The topological polar surface area (TPSA) is 99.5 Å². The molecular formula is C21H25F2N5O2S. The number of benzene rings is 1. The maximum Gasteiger partial charge on any atom is 0.281 e. The van der Waals surface area contributed by atoms with E-state index in [1.807, 2.05) is 0 Å². The lowest BCUT2D eigenvalue weighted by molar-refractivity contribution is -0.0432. The fourth-order valence-electron chi connectivity index (χ4n) is 4.58. The summed E-state index contributed by atoms with van der Waals surface area (Å²) in [6, 6.07) is 4.97. The molecule has 5 rings (SSSR count). The molecule has 2 aromatic rings. The molecule has 0 bridgehead atoms. The number of hydrogen-bond donors (Lipinski definition) is 2. The maximum absolute atomic E-state index is 14.5. The quantitative estimate of drug-likeness (QED) is 0.738. The molecule has 166 valence electrons. The van der Waals surface area contributed by atoms with Gasteiger partial charge in [-0.05, 0) is 25.0 Å². The number of nitrogens with zero attached hydrogens (tertiary/aromatic N) is 3. The molecule has 1 spiro atoms. The zero-order valence-electron chi connectivity index (χ0n) is 17.0. The molecule has 0 aliphatic carbocycles. The lowest BCUT2D eigenvalue weighted by atomic mass is 9.75. The van der Waals surface area contributed by atoms with Crippen molar-refractivity contribution in [2.75, 3.05) is 43.5 Å². The summed E-state index contributed by atoms with van der Waals surface area (Å²) in [6.07, 6.45) is 3.17. The Balaban J connectivity index is 1.34. The van der Waals surface area contributed by atoms with Crippen molar-refractivity contribution in [1.82, 2.24) is 9.97 Å². The van der Waals surface area contributed by atoms with Crippen LogP contribution in [0.2, 0.25) is 0 Å². The third kappa shape index (κ3) is 3.70. The van der Waals surface area contributed by atoms with Crippen LogP contribution in [0.1, 0.15) is 24.8 Å². The van der Waals surface area contributed by atoms with Gasteiger partial charge in [0.15, 0.2) is 5.82 Å². The molecule has 10 heteroatoms. The van der Waals surface area contributed by atoms with Gasteiger partial charge < -0.3 is 25.8 Å². The van der Waals surface area contributed by atoms with Gasteiger partial charge in [0.25, 0.3) is 5.92 Å². The Morgan fingerprint density at radius 1 is 1.19 bits per heavy atom. The van der Waals surface area contributed by atoms with Gasteiger partial charge in [-0.1, -0.05) is 17.8 Å². The van der Waals surface area contributed by atoms with Crippen molar-refractivity contribution >= 4 is 23.4 Å². The van der Waals surface area contributed by atoms with Crippen molar-refractivity contribution < 1.29 is 18.3 Å². The van der Waals surface area contributed by atoms with Crippen molar-refractivity contribution in [3.8, 4) is 5.75 Å². The van der Waals surface area contributed by atoms with Crippen LogP contribution in [0.5, 0.6) is 5.75 Å². The summed E-state index contributed by atoms with van der Waals surface area (Å²) in [5.41, 5.74) is 12.4. The largest absolute Gasteiger partial charge is 0.493 e. The van der Waals surface area contributed by atoms with Crippen molar-refractivity contribution in [3.63, 3.8) is 0 Å². The van der Waals surface area contributed by atoms with Gasteiger partial charge in [-0.2, -0.15) is 0 Å². The molecule has 3 aliphatic heterocycles. The standard InChI is InChI=1S/C21H25F2N5O2S/c22-21(23)6-9-30-13-2-1-3-14(17(13)21)31-19-18(25)27-16(10-26-19)28-7-4-20(5-8-28)12-29-11-15(20)24/h1-3,10,15H,4-9,11-12,24H2,(H2,25,27)/t15-/m1/s1. The number of aromatic nitrogens is 2. The molecule has 4 N–H and O–H groups in total. The van der Waals surface area contributed by atoms with Gasteiger partial charge in [0.1, 0.15) is 16.6 Å². The number of rotatable bonds is 3. The van der Waals surface area contributed by atoms with Crippen molar-refractivity contribution in [1.29, 1.82) is 0 Å². The minimum Gasteiger partial charge on any atom is -0.493 e. The SMILES string of the molecule is Nc1nc(N2CCC3(CC2)COC[C@H]3N)cnc1Sc1cccc2c1C(F)(F)CCO2. The molecule has 0 saturated carbocycles. The second-order valence-electron chi connectivity index (χ2n) is 8.42. The molecule has 3 aliphatic rings. The van der Waals surface area contributed by atoms with Crippen LogP contribution >= 0.6 is 11.8 Å². The van der Waals surface area contributed by atoms with Crippen LogP contribution in [0, 0.1) is 5.41 Å². The predicted octanol–water partition coefficient (Wildman–Crippen LogP) is 3.03. The van der Waals surface area contributed by atoms with E-state index in [1.165, 1.54) is 0 Å². The predicted molar refractivity (Wildman–Crippen MR) is 114 cm³/mol. The van der Waals surface area contributed by atoms with E-state index in [0.29, 0.717) is 29.0 Å². The normalized spacial score (nSPS) is 24.1. The first kappa shape index (κ1) is 20.7. The molecule has 0 amide bonds. The number of nitrogen functional groups attached to an aromatic ring is 1. The van der Waals surface area contributed by atoms with Crippen LogP contribution in [0.3, 0.4) is 0 Å². The van der Waals surface area contributed by atoms with Gasteiger partial charge in [-0.15, -0.1) is 0 Å². The first-order chi connectivity index (χ1) is 14.9. The fraction of sp³-hybridized carbons (Fsp3) is 0.524. The summed E-state index contributed by atoms with van der Waals surface area (Å²) in [7, 11) is 0. The van der Waals surface area contributed by atoms with Crippen molar-refractivity contribution in [2.24, 2.45) is 11.1 Å². The second-order valence-corrected chi connectivity index (χ2v) is 9.45. The summed E-state index contributed by atoms with van der Waals surface area (Å²) in [5, 5.41) is 0.401. The Morgan fingerprint density at radius 3 is 2.71 bits per heavy atom. The molecule has 1 aromatic carbocycles. The maximum atomic E-state index is 14.5. The van der Waals surface area contributed by atoms with Gasteiger partial charge in [0, 0.05) is 29.4 Å². The van der Waals surface area contributed by atoms with E-state index in [1.54, 1.807) is 24.4 Å². The molecule has 4 heterocycles. The van der Waals surface area contributed by atoms with Crippen LogP contribution in [0.4, 0.5) is 20.4 Å². The summed E-state index contributed by atoms with van der Waals surface area (Å²) in [5.74, 6) is -1.83. The number of ether oxygens (including phenoxy) is 2. The summed E-state index contributed by atoms with van der Waals surface area (Å²) in [6.45, 7) is 2.92. The van der Waals surface area contributed by atoms with Crippen molar-refractivity contribution in [2.45, 2.75) is 41.1 Å². The minimum absolute atomic E-state index is 0.00108. The zero-order valence-corrected chi connectivity index (χ0v) is 17.8. The first-order valence-corrected chi connectivity index (χ1v) is 11.2. The summed E-state index contributed by atoms with van der Waals surface area (Å²) in [4.78, 5) is 11.5. The van der Waals surface area contributed by atoms with Crippen LogP contribution < -0.4 is 21.1 Å². The van der Waals surface area contributed by atoms with E-state index in [4.69, 9.17) is 20.9 Å². The fourth-order valence-corrected chi connectivity index (χ4v) is 5.54. The Bertz CT molecular complexity index is 984. The lowest BCUT2D eigenvalue weighted by Gasteiger charge is -2.41. The van der Waals surface area contributed by atoms with Gasteiger partial charge >= 0.3 is 0 Å². The molecule has 2 saturated heterocycles. The van der Waals surface area contributed by atoms with E-state index >= 15 is 0 Å². The molecule has 2 fully saturated rings. The Morgan fingerprint density at radius 2 is 2.00 bits per heavy atom. The van der Waals surface area contributed by atoms with Gasteiger partial charge in [0.2, 0.25) is 0 Å². The molecule has 1 aromatic heterocycles. The highest BCUT2D eigenvalue weighted by atomic mass is 32.2. The van der Waals surface area contributed by atoms with E-state index in [2.05, 4.69) is 14.9 Å².